The predicted molar refractivity (Wildman–Crippen MR) is 63.5 cm³/mol. The molecule has 0 fully saturated rings. The fourth-order valence-electron chi connectivity index (χ4n) is 2.41. The predicted octanol–water partition coefficient (Wildman–Crippen LogP) is 3.29. The highest BCUT2D eigenvalue weighted by molar-refractivity contribution is 5.61. The van der Waals surface area contributed by atoms with E-state index in [4.69, 9.17) is 0 Å². The summed E-state index contributed by atoms with van der Waals surface area (Å²) < 4.78 is 0. The van der Waals surface area contributed by atoms with E-state index < -0.39 is 5.60 Å². The molecule has 2 rings (SSSR count). The van der Waals surface area contributed by atoms with Crippen molar-refractivity contribution in [3.05, 3.63) is 46.1 Å². The Kier molecular flexibility index (Phi) is 2.23. The molecule has 0 amide bonds. The maximum absolute atomic E-state index is 10.5. The van der Waals surface area contributed by atoms with E-state index in [2.05, 4.69) is 25.2 Å². The SMILES string of the molecule is CC1=C(C)C(C)(O)C(C)=C2CC=CC=C12. The fourth-order valence-corrected chi connectivity index (χ4v) is 2.41. The highest BCUT2D eigenvalue weighted by Gasteiger charge is 2.34. The van der Waals surface area contributed by atoms with Gasteiger partial charge >= 0.3 is 0 Å². The first-order valence-electron chi connectivity index (χ1n) is 5.44. The molecule has 0 aliphatic heterocycles. The molecular formula is C14H18O. The number of rotatable bonds is 0. The minimum Gasteiger partial charge on any atom is -0.381 e. The molecule has 2 aliphatic carbocycles. The van der Waals surface area contributed by atoms with E-state index in [1.807, 2.05) is 20.8 Å². The smallest absolute Gasteiger partial charge is 0.104 e. The number of aliphatic hydroxyl groups is 1. The molecule has 1 heteroatoms. The molecule has 1 N–H and O–H groups in total. The zero-order valence-corrected chi connectivity index (χ0v) is 9.89. The van der Waals surface area contributed by atoms with Crippen LogP contribution in [0.25, 0.3) is 0 Å². The molecule has 80 valence electrons. The van der Waals surface area contributed by atoms with Gasteiger partial charge in [-0.15, -0.1) is 0 Å². The molecule has 0 saturated carbocycles. The second kappa shape index (κ2) is 3.21. The van der Waals surface area contributed by atoms with Crippen molar-refractivity contribution >= 4 is 0 Å². The largest absolute Gasteiger partial charge is 0.381 e. The minimum atomic E-state index is -0.762. The van der Waals surface area contributed by atoms with Crippen LogP contribution >= 0.6 is 0 Å². The Bertz CT molecular complexity index is 428. The topological polar surface area (TPSA) is 20.2 Å². The quantitative estimate of drug-likeness (QED) is 0.639. The second-order valence-electron chi connectivity index (χ2n) is 4.64. The van der Waals surface area contributed by atoms with Crippen LogP contribution in [0.15, 0.2) is 46.1 Å². The molecule has 0 bridgehead atoms. The van der Waals surface area contributed by atoms with Gasteiger partial charge in [-0.25, -0.2) is 0 Å². The lowest BCUT2D eigenvalue weighted by molar-refractivity contribution is 0.134. The van der Waals surface area contributed by atoms with Gasteiger partial charge in [0, 0.05) is 0 Å². The van der Waals surface area contributed by atoms with Gasteiger partial charge in [0.1, 0.15) is 5.60 Å². The molecule has 0 aromatic carbocycles. The number of hydrogen-bond donors (Lipinski definition) is 1. The van der Waals surface area contributed by atoms with Crippen molar-refractivity contribution in [3.8, 4) is 0 Å². The maximum atomic E-state index is 10.5. The number of allylic oxidation sites excluding steroid dienone is 6. The third kappa shape index (κ3) is 1.34. The molecule has 0 aromatic rings. The third-order valence-electron chi connectivity index (χ3n) is 3.93. The summed E-state index contributed by atoms with van der Waals surface area (Å²) in [7, 11) is 0. The summed E-state index contributed by atoms with van der Waals surface area (Å²) in [6, 6.07) is 0. The van der Waals surface area contributed by atoms with Gasteiger partial charge in [-0.3, -0.25) is 0 Å². The van der Waals surface area contributed by atoms with Crippen LogP contribution in [0.3, 0.4) is 0 Å². The average molecular weight is 202 g/mol. The zero-order chi connectivity index (χ0) is 11.2. The molecule has 0 saturated heterocycles. The fraction of sp³-hybridized carbons (Fsp3) is 0.429. The van der Waals surface area contributed by atoms with Crippen molar-refractivity contribution in [2.24, 2.45) is 0 Å². The standard InChI is InChI=1S/C14H18O/c1-9-10(2)14(4,15)11(3)13-8-6-5-7-12(9)13/h5-7,15H,8H2,1-4H3. The van der Waals surface area contributed by atoms with Crippen LogP contribution in [0.2, 0.25) is 0 Å². The van der Waals surface area contributed by atoms with Gasteiger partial charge < -0.3 is 5.11 Å². The Morgan fingerprint density at radius 3 is 2.53 bits per heavy atom. The van der Waals surface area contributed by atoms with E-state index in [-0.39, 0.29) is 0 Å². The summed E-state index contributed by atoms with van der Waals surface area (Å²) in [6.45, 7) is 8.05. The van der Waals surface area contributed by atoms with Crippen LogP contribution in [-0.4, -0.2) is 10.7 Å². The maximum Gasteiger partial charge on any atom is 0.104 e. The van der Waals surface area contributed by atoms with Crippen LogP contribution in [-0.2, 0) is 0 Å². The summed E-state index contributed by atoms with van der Waals surface area (Å²) >= 11 is 0. The van der Waals surface area contributed by atoms with Crippen LogP contribution in [0.4, 0.5) is 0 Å². The lowest BCUT2D eigenvalue weighted by Crippen LogP contribution is -2.33. The van der Waals surface area contributed by atoms with E-state index in [0.29, 0.717) is 0 Å². The summed E-state index contributed by atoms with van der Waals surface area (Å²) in [5.74, 6) is 0. The summed E-state index contributed by atoms with van der Waals surface area (Å²) in [6.07, 6.45) is 7.34. The first-order valence-corrected chi connectivity index (χ1v) is 5.44. The Hall–Kier alpha value is -1.08. The molecule has 1 atom stereocenters. The van der Waals surface area contributed by atoms with Crippen molar-refractivity contribution in [1.82, 2.24) is 0 Å². The second-order valence-corrected chi connectivity index (χ2v) is 4.64. The summed E-state index contributed by atoms with van der Waals surface area (Å²) in [5.41, 5.74) is 5.24. The van der Waals surface area contributed by atoms with E-state index in [1.165, 1.54) is 16.7 Å². The molecule has 0 heterocycles. The van der Waals surface area contributed by atoms with E-state index in [0.717, 1.165) is 17.6 Å². The first-order chi connectivity index (χ1) is 6.96. The van der Waals surface area contributed by atoms with Crippen LogP contribution in [0.5, 0.6) is 0 Å². The van der Waals surface area contributed by atoms with Crippen molar-refractivity contribution in [2.45, 2.75) is 39.7 Å². The molecule has 2 aliphatic rings. The van der Waals surface area contributed by atoms with Crippen molar-refractivity contribution in [1.29, 1.82) is 0 Å². The van der Waals surface area contributed by atoms with E-state index in [1.54, 1.807) is 0 Å². The van der Waals surface area contributed by atoms with Crippen LogP contribution in [0.1, 0.15) is 34.1 Å². The van der Waals surface area contributed by atoms with Gasteiger partial charge in [0.05, 0.1) is 0 Å². The molecule has 0 radical (unpaired) electrons. The van der Waals surface area contributed by atoms with E-state index in [9.17, 15) is 5.11 Å². The van der Waals surface area contributed by atoms with Gasteiger partial charge in [0.25, 0.3) is 0 Å². The summed E-state index contributed by atoms with van der Waals surface area (Å²) in [4.78, 5) is 0. The van der Waals surface area contributed by atoms with Crippen molar-refractivity contribution in [3.63, 3.8) is 0 Å². The Balaban J connectivity index is 2.67. The third-order valence-corrected chi connectivity index (χ3v) is 3.93. The number of hydrogen-bond acceptors (Lipinski definition) is 1. The van der Waals surface area contributed by atoms with Gasteiger partial charge in [-0.2, -0.15) is 0 Å². The summed E-state index contributed by atoms with van der Waals surface area (Å²) in [5, 5.41) is 10.5. The molecule has 15 heavy (non-hydrogen) atoms. The van der Waals surface area contributed by atoms with Gasteiger partial charge in [0.2, 0.25) is 0 Å². The van der Waals surface area contributed by atoms with Gasteiger partial charge in [0.15, 0.2) is 0 Å². The Morgan fingerprint density at radius 1 is 1.20 bits per heavy atom. The monoisotopic (exact) mass is 202 g/mol. The van der Waals surface area contributed by atoms with Gasteiger partial charge in [-0.1, -0.05) is 18.2 Å². The van der Waals surface area contributed by atoms with Crippen molar-refractivity contribution in [2.75, 3.05) is 0 Å². The van der Waals surface area contributed by atoms with Crippen LogP contribution < -0.4 is 0 Å². The first kappa shape index (κ1) is 10.4. The van der Waals surface area contributed by atoms with Crippen molar-refractivity contribution < 1.29 is 5.11 Å². The normalized spacial score (nSPS) is 30.6. The highest BCUT2D eigenvalue weighted by Crippen LogP contribution is 2.42. The molecular weight excluding hydrogens is 184 g/mol. The molecule has 1 unspecified atom stereocenters. The van der Waals surface area contributed by atoms with Crippen LogP contribution in [0, 0.1) is 0 Å². The molecule has 0 spiro atoms. The lowest BCUT2D eigenvalue weighted by atomic mass is 9.73. The minimum absolute atomic E-state index is 0.762. The average Bonchev–Trinajstić information content (AvgIpc) is 2.24. The van der Waals surface area contributed by atoms with Gasteiger partial charge in [-0.05, 0) is 62.0 Å². The Morgan fingerprint density at radius 2 is 1.87 bits per heavy atom. The highest BCUT2D eigenvalue weighted by atomic mass is 16.3. The van der Waals surface area contributed by atoms with E-state index >= 15 is 0 Å². The molecule has 0 aromatic heterocycles. The number of fused-ring (bicyclic) bond motifs is 1. The zero-order valence-electron chi connectivity index (χ0n) is 9.89. The lowest BCUT2D eigenvalue weighted by Gasteiger charge is -2.36. The Labute approximate surface area is 91.5 Å². The molecule has 1 nitrogen and oxygen atoms in total.